The van der Waals surface area contributed by atoms with Crippen molar-refractivity contribution in [2.45, 2.75) is 38.4 Å². The average molecular weight is 538 g/mol. The standard InChI is InChI=1S/C31H31N5O4/c1-21-16-22(14-15-26(21)36(39)40)18-34-20-32-25-19-35(28(17-27(25)34)30(37)33(2)3)31(38)29(23-10-6-4-7-11-23)24-12-8-5-9-13-24/h4-16,20,28-29H,17-19H2,1-3H3. The molecule has 0 bridgehead atoms. The van der Waals surface area contributed by atoms with Crippen molar-refractivity contribution < 1.29 is 14.5 Å². The minimum absolute atomic E-state index is 0.0774. The molecule has 2 heterocycles. The van der Waals surface area contributed by atoms with Gasteiger partial charge in [0.25, 0.3) is 5.69 Å². The summed E-state index contributed by atoms with van der Waals surface area (Å²) in [6, 6.07) is 23.6. The van der Waals surface area contributed by atoms with Crippen LogP contribution in [0.3, 0.4) is 0 Å². The van der Waals surface area contributed by atoms with E-state index in [9.17, 15) is 19.7 Å². The summed E-state index contributed by atoms with van der Waals surface area (Å²) in [5, 5.41) is 11.2. The Bertz CT molecular complexity index is 1510. The number of fused-ring (bicyclic) bond motifs is 1. The van der Waals surface area contributed by atoms with E-state index in [2.05, 4.69) is 4.98 Å². The lowest BCUT2D eigenvalue weighted by molar-refractivity contribution is -0.385. The van der Waals surface area contributed by atoms with Crippen molar-refractivity contribution in [1.29, 1.82) is 0 Å². The molecule has 9 nitrogen and oxygen atoms in total. The highest BCUT2D eigenvalue weighted by Crippen LogP contribution is 2.32. The van der Waals surface area contributed by atoms with Gasteiger partial charge in [-0.1, -0.05) is 66.7 Å². The quantitative estimate of drug-likeness (QED) is 0.258. The van der Waals surface area contributed by atoms with Gasteiger partial charge in [0, 0.05) is 44.4 Å². The second-order valence-corrected chi connectivity index (χ2v) is 10.3. The predicted molar refractivity (Wildman–Crippen MR) is 151 cm³/mol. The summed E-state index contributed by atoms with van der Waals surface area (Å²) < 4.78 is 1.97. The van der Waals surface area contributed by atoms with Gasteiger partial charge in [-0.05, 0) is 29.7 Å². The Labute approximate surface area is 232 Å². The van der Waals surface area contributed by atoms with E-state index in [0.717, 1.165) is 28.1 Å². The third-order valence-corrected chi connectivity index (χ3v) is 7.45. The summed E-state index contributed by atoms with van der Waals surface area (Å²) in [6.45, 7) is 2.38. The van der Waals surface area contributed by atoms with Gasteiger partial charge in [-0.2, -0.15) is 0 Å². The van der Waals surface area contributed by atoms with Crippen molar-refractivity contribution in [2.24, 2.45) is 0 Å². The summed E-state index contributed by atoms with van der Waals surface area (Å²) in [7, 11) is 3.40. The van der Waals surface area contributed by atoms with Crippen LogP contribution >= 0.6 is 0 Å². The first-order chi connectivity index (χ1) is 19.2. The van der Waals surface area contributed by atoms with Crippen molar-refractivity contribution in [3.63, 3.8) is 0 Å². The number of imidazole rings is 1. The number of amides is 2. The number of benzene rings is 3. The van der Waals surface area contributed by atoms with Crippen LogP contribution in [0.5, 0.6) is 0 Å². The van der Waals surface area contributed by atoms with Gasteiger partial charge >= 0.3 is 0 Å². The number of rotatable bonds is 7. The van der Waals surface area contributed by atoms with Crippen LogP contribution in [0.25, 0.3) is 0 Å². The Morgan fingerprint density at radius 3 is 2.20 bits per heavy atom. The molecule has 0 N–H and O–H groups in total. The molecule has 0 saturated carbocycles. The summed E-state index contributed by atoms with van der Waals surface area (Å²) in [6.07, 6.45) is 2.04. The molecule has 204 valence electrons. The van der Waals surface area contributed by atoms with Crippen molar-refractivity contribution >= 4 is 17.5 Å². The van der Waals surface area contributed by atoms with Gasteiger partial charge in [0.2, 0.25) is 11.8 Å². The van der Waals surface area contributed by atoms with Gasteiger partial charge in [0.1, 0.15) is 6.04 Å². The van der Waals surface area contributed by atoms with Crippen molar-refractivity contribution in [3.8, 4) is 0 Å². The van der Waals surface area contributed by atoms with E-state index in [1.54, 1.807) is 44.4 Å². The molecule has 5 rings (SSSR count). The zero-order chi connectivity index (χ0) is 28.4. The fourth-order valence-electron chi connectivity index (χ4n) is 5.42. The van der Waals surface area contributed by atoms with Gasteiger partial charge in [-0.15, -0.1) is 0 Å². The van der Waals surface area contributed by atoms with Crippen molar-refractivity contribution in [3.05, 3.63) is 129 Å². The molecule has 1 aliphatic rings. The van der Waals surface area contributed by atoms with Gasteiger partial charge in [0.15, 0.2) is 0 Å². The molecule has 1 atom stereocenters. The second-order valence-electron chi connectivity index (χ2n) is 10.3. The summed E-state index contributed by atoms with van der Waals surface area (Å²) in [4.78, 5) is 46.5. The largest absolute Gasteiger partial charge is 0.347 e. The normalized spacial score (nSPS) is 14.6. The highest BCUT2D eigenvalue weighted by Gasteiger charge is 2.40. The number of nitro benzene ring substituents is 1. The number of aryl methyl sites for hydroxylation is 1. The van der Waals surface area contributed by atoms with Crippen LogP contribution < -0.4 is 0 Å². The van der Waals surface area contributed by atoms with Crippen LogP contribution in [0.4, 0.5) is 5.69 Å². The minimum Gasteiger partial charge on any atom is -0.347 e. The summed E-state index contributed by atoms with van der Waals surface area (Å²) >= 11 is 0. The lowest BCUT2D eigenvalue weighted by Crippen LogP contribution is -2.53. The van der Waals surface area contributed by atoms with Crippen LogP contribution in [0.15, 0.2) is 85.2 Å². The number of hydrogen-bond acceptors (Lipinski definition) is 5. The zero-order valence-electron chi connectivity index (χ0n) is 22.7. The SMILES string of the molecule is Cc1cc(Cn2cnc3c2CC(C(=O)N(C)C)N(C(=O)C(c2ccccc2)c2ccccc2)C3)ccc1[N+](=O)[O-]. The number of likely N-dealkylation sites (N-methyl/N-ethyl adjacent to an activating group) is 1. The average Bonchev–Trinajstić information content (AvgIpc) is 3.34. The molecule has 0 fully saturated rings. The molecular formula is C31H31N5O4. The monoisotopic (exact) mass is 537 g/mol. The molecule has 3 aromatic carbocycles. The molecule has 0 spiro atoms. The molecule has 0 saturated heterocycles. The maximum atomic E-state index is 14.3. The molecular weight excluding hydrogens is 506 g/mol. The first-order valence-corrected chi connectivity index (χ1v) is 13.1. The van der Waals surface area contributed by atoms with E-state index >= 15 is 0 Å². The number of nitrogens with zero attached hydrogens (tertiary/aromatic N) is 5. The smallest absolute Gasteiger partial charge is 0.272 e. The molecule has 1 unspecified atom stereocenters. The number of hydrogen-bond donors (Lipinski definition) is 0. The lowest BCUT2D eigenvalue weighted by Gasteiger charge is -2.38. The molecule has 0 aliphatic carbocycles. The van der Waals surface area contributed by atoms with Gasteiger partial charge in [0.05, 0.1) is 29.4 Å². The Hall–Kier alpha value is -4.79. The van der Waals surface area contributed by atoms with Crippen LogP contribution in [-0.4, -0.2) is 56.2 Å². The van der Waals surface area contributed by atoms with Gasteiger partial charge in [-0.25, -0.2) is 4.98 Å². The van der Waals surface area contributed by atoms with E-state index in [1.165, 1.54) is 11.0 Å². The second kappa shape index (κ2) is 11.1. The number of aromatic nitrogens is 2. The fraction of sp³-hybridized carbons (Fsp3) is 0.258. The van der Waals surface area contributed by atoms with Crippen molar-refractivity contribution in [1.82, 2.24) is 19.4 Å². The van der Waals surface area contributed by atoms with Gasteiger partial charge in [-0.3, -0.25) is 19.7 Å². The Balaban J connectivity index is 1.50. The maximum absolute atomic E-state index is 14.3. The van der Waals surface area contributed by atoms with E-state index in [1.807, 2.05) is 65.2 Å². The fourth-order valence-corrected chi connectivity index (χ4v) is 5.42. The van der Waals surface area contributed by atoms with Gasteiger partial charge < -0.3 is 14.4 Å². The highest BCUT2D eigenvalue weighted by atomic mass is 16.6. The molecule has 1 aromatic heterocycles. The molecule has 0 radical (unpaired) electrons. The zero-order valence-corrected chi connectivity index (χ0v) is 22.7. The first kappa shape index (κ1) is 26.8. The predicted octanol–water partition coefficient (Wildman–Crippen LogP) is 4.32. The highest BCUT2D eigenvalue weighted by molar-refractivity contribution is 5.93. The van der Waals surface area contributed by atoms with E-state index in [-0.39, 0.29) is 29.0 Å². The Morgan fingerprint density at radius 1 is 1.02 bits per heavy atom. The third kappa shape index (κ3) is 5.22. The number of carbonyl (C=O) groups excluding carboxylic acids is 2. The first-order valence-electron chi connectivity index (χ1n) is 13.1. The van der Waals surface area contributed by atoms with Crippen LogP contribution in [0, 0.1) is 17.0 Å². The molecule has 40 heavy (non-hydrogen) atoms. The lowest BCUT2D eigenvalue weighted by atomic mass is 9.88. The van der Waals surface area contributed by atoms with Crippen LogP contribution in [0.2, 0.25) is 0 Å². The molecule has 2 amide bonds. The van der Waals surface area contributed by atoms with E-state index in [0.29, 0.717) is 18.5 Å². The van der Waals surface area contributed by atoms with E-state index < -0.39 is 12.0 Å². The molecule has 9 heteroatoms. The Morgan fingerprint density at radius 2 is 1.65 bits per heavy atom. The van der Waals surface area contributed by atoms with Crippen LogP contribution in [-0.2, 0) is 29.1 Å². The summed E-state index contributed by atoms with van der Waals surface area (Å²) in [5.74, 6) is -0.867. The third-order valence-electron chi connectivity index (χ3n) is 7.45. The van der Waals surface area contributed by atoms with E-state index in [4.69, 9.17) is 0 Å². The number of nitro groups is 1. The maximum Gasteiger partial charge on any atom is 0.272 e. The molecule has 1 aliphatic heterocycles. The van der Waals surface area contributed by atoms with Crippen LogP contribution in [0.1, 0.15) is 39.6 Å². The van der Waals surface area contributed by atoms with Crippen molar-refractivity contribution in [2.75, 3.05) is 14.1 Å². The topological polar surface area (TPSA) is 102 Å². The summed E-state index contributed by atoms with van der Waals surface area (Å²) in [5.41, 5.74) is 4.91. The minimum atomic E-state index is -0.695. The molecule has 4 aromatic rings. The Kier molecular flexibility index (Phi) is 7.46. The number of carbonyl (C=O) groups is 2.